The van der Waals surface area contributed by atoms with Crippen molar-refractivity contribution in [3.05, 3.63) is 0 Å². The molecule has 2 saturated carbocycles. The van der Waals surface area contributed by atoms with E-state index in [0.717, 1.165) is 0 Å². The Labute approximate surface area is 90.8 Å². The SMILES string of the molecule is COC(COC1CC1)OCOC1CCC1. The molecule has 2 aliphatic carbocycles. The predicted molar refractivity (Wildman–Crippen MR) is 54.4 cm³/mol. The fourth-order valence-electron chi connectivity index (χ4n) is 1.38. The minimum absolute atomic E-state index is 0.286. The first-order valence-corrected chi connectivity index (χ1v) is 5.76. The summed E-state index contributed by atoms with van der Waals surface area (Å²) in [6, 6.07) is 0. The van der Waals surface area contributed by atoms with Crippen molar-refractivity contribution in [3.63, 3.8) is 0 Å². The minimum Gasteiger partial charge on any atom is -0.373 e. The number of hydrogen-bond acceptors (Lipinski definition) is 4. The third-order valence-electron chi connectivity index (χ3n) is 2.87. The lowest BCUT2D eigenvalue weighted by molar-refractivity contribution is -0.221. The van der Waals surface area contributed by atoms with Crippen molar-refractivity contribution in [2.45, 2.75) is 50.6 Å². The topological polar surface area (TPSA) is 36.9 Å². The molecule has 0 bridgehead atoms. The fourth-order valence-corrected chi connectivity index (χ4v) is 1.38. The maximum atomic E-state index is 5.50. The van der Waals surface area contributed by atoms with E-state index in [1.807, 2.05) is 0 Å². The molecule has 0 aromatic heterocycles. The van der Waals surface area contributed by atoms with Gasteiger partial charge in [-0.05, 0) is 32.1 Å². The summed E-state index contributed by atoms with van der Waals surface area (Å²) in [6.07, 6.45) is 6.53. The molecule has 1 unspecified atom stereocenters. The molecule has 2 fully saturated rings. The van der Waals surface area contributed by atoms with Crippen molar-refractivity contribution in [1.29, 1.82) is 0 Å². The summed E-state index contributed by atoms with van der Waals surface area (Å²) in [5.41, 5.74) is 0. The summed E-state index contributed by atoms with van der Waals surface area (Å²) in [7, 11) is 1.63. The predicted octanol–water partition coefficient (Wildman–Crippen LogP) is 1.68. The number of methoxy groups -OCH3 is 1. The van der Waals surface area contributed by atoms with Gasteiger partial charge in [0, 0.05) is 7.11 Å². The van der Waals surface area contributed by atoms with Crippen LogP contribution in [0, 0.1) is 0 Å². The van der Waals surface area contributed by atoms with Crippen molar-refractivity contribution < 1.29 is 18.9 Å². The Bertz CT molecular complexity index is 177. The van der Waals surface area contributed by atoms with Gasteiger partial charge in [-0.2, -0.15) is 0 Å². The van der Waals surface area contributed by atoms with Gasteiger partial charge in [0.2, 0.25) is 0 Å². The third kappa shape index (κ3) is 4.07. The zero-order chi connectivity index (χ0) is 10.5. The van der Waals surface area contributed by atoms with E-state index in [9.17, 15) is 0 Å². The largest absolute Gasteiger partial charge is 0.373 e. The average molecular weight is 216 g/mol. The van der Waals surface area contributed by atoms with Crippen LogP contribution in [0.1, 0.15) is 32.1 Å². The standard InChI is InChI=1S/C11H20O4/c1-12-11(7-13-10-5-6-10)15-8-14-9-3-2-4-9/h9-11H,2-8H2,1H3. The van der Waals surface area contributed by atoms with E-state index in [1.54, 1.807) is 7.11 Å². The van der Waals surface area contributed by atoms with E-state index in [4.69, 9.17) is 18.9 Å². The minimum atomic E-state index is -0.286. The lowest BCUT2D eigenvalue weighted by Crippen LogP contribution is -2.28. The van der Waals surface area contributed by atoms with E-state index < -0.39 is 0 Å². The molecule has 88 valence electrons. The quantitative estimate of drug-likeness (QED) is 0.578. The van der Waals surface area contributed by atoms with Crippen molar-refractivity contribution >= 4 is 0 Å². The van der Waals surface area contributed by atoms with Crippen LogP contribution in [-0.4, -0.2) is 39.0 Å². The monoisotopic (exact) mass is 216 g/mol. The van der Waals surface area contributed by atoms with Crippen LogP contribution < -0.4 is 0 Å². The van der Waals surface area contributed by atoms with Crippen LogP contribution in [0.4, 0.5) is 0 Å². The first-order chi connectivity index (χ1) is 7.38. The maximum Gasteiger partial charge on any atom is 0.183 e. The molecule has 0 amide bonds. The maximum absolute atomic E-state index is 5.50. The Balaban J connectivity index is 1.49. The fraction of sp³-hybridized carbons (Fsp3) is 1.00. The van der Waals surface area contributed by atoms with Gasteiger partial charge in [-0.15, -0.1) is 0 Å². The second kappa shape index (κ2) is 5.80. The molecule has 0 aliphatic heterocycles. The van der Waals surface area contributed by atoms with Crippen LogP contribution in [0.5, 0.6) is 0 Å². The van der Waals surface area contributed by atoms with Gasteiger partial charge in [0.05, 0.1) is 18.8 Å². The molecule has 0 N–H and O–H groups in total. The van der Waals surface area contributed by atoms with Crippen LogP contribution in [0.3, 0.4) is 0 Å². The lowest BCUT2D eigenvalue weighted by Gasteiger charge is -2.26. The molecular weight excluding hydrogens is 196 g/mol. The van der Waals surface area contributed by atoms with Crippen LogP contribution in [0.2, 0.25) is 0 Å². The second-order valence-corrected chi connectivity index (χ2v) is 4.20. The molecule has 2 rings (SSSR count). The summed E-state index contributed by atoms with van der Waals surface area (Å²) < 4.78 is 21.5. The summed E-state index contributed by atoms with van der Waals surface area (Å²) in [5.74, 6) is 0. The van der Waals surface area contributed by atoms with E-state index in [2.05, 4.69) is 0 Å². The average Bonchev–Trinajstić information content (AvgIpc) is 2.97. The summed E-state index contributed by atoms with van der Waals surface area (Å²) in [4.78, 5) is 0. The molecule has 0 saturated heterocycles. The van der Waals surface area contributed by atoms with Crippen molar-refractivity contribution in [1.82, 2.24) is 0 Å². The highest BCUT2D eigenvalue weighted by atomic mass is 16.8. The zero-order valence-corrected chi connectivity index (χ0v) is 9.31. The number of rotatable bonds is 8. The first kappa shape index (κ1) is 11.3. The molecular formula is C11H20O4. The van der Waals surface area contributed by atoms with E-state index >= 15 is 0 Å². The molecule has 4 nitrogen and oxygen atoms in total. The van der Waals surface area contributed by atoms with E-state index in [1.165, 1.54) is 32.1 Å². The molecule has 1 atom stereocenters. The van der Waals surface area contributed by atoms with E-state index in [-0.39, 0.29) is 6.29 Å². The van der Waals surface area contributed by atoms with Gasteiger partial charge >= 0.3 is 0 Å². The Morgan fingerprint density at radius 3 is 2.33 bits per heavy atom. The van der Waals surface area contributed by atoms with Crippen molar-refractivity contribution in [3.8, 4) is 0 Å². The molecule has 15 heavy (non-hydrogen) atoms. The number of ether oxygens (including phenoxy) is 4. The Kier molecular flexibility index (Phi) is 4.38. The molecule has 0 spiro atoms. The Hall–Kier alpha value is -0.160. The van der Waals surface area contributed by atoms with Gasteiger partial charge in [-0.1, -0.05) is 0 Å². The first-order valence-electron chi connectivity index (χ1n) is 5.76. The molecule has 2 aliphatic rings. The van der Waals surface area contributed by atoms with Gasteiger partial charge in [-0.3, -0.25) is 0 Å². The molecule has 0 aromatic carbocycles. The second-order valence-electron chi connectivity index (χ2n) is 4.20. The number of hydrogen-bond donors (Lipinski definition) is 0. The molecule has 0 radical (unpaired) electrons. The van der Waals surface area contributed by atoms with Gasteiger partial charge in [-0.25, -0.2) is 0 Å². The lowest BCUT2D eigenvalue weighted by atomic mass is 9.96. The summed E-state index contributed by atoms with van der Waals surface area (Å²) >= 11 is 0. The summed E-state index contributed by atoms with van der Waals surface area (Å²) in [5, 5.41) is 0. The van der Waals surface area contributed by atoms with Crippen LogP contribution in [-0.2, 0) is 18.9 Å². The third-order valence-corrected chi connectivity index (χ3v) is 2.87. The highest BCUT2D eigenvalue weighted by molar-refractivity contribution is 4.73. The van der Waals surface area contributed by atoms with Crippen LogP contribution >= 0.6 is 0 Å². The zero-order valence-electron chi connectivity index (χ0n) is 9.31. The van der Waals surface area contributed by atoms with E-state index in [0.29, 0.717) is 25.6 Å². The van der Waals surface area contributed by atoms with Gasteiger partial charge in [0.1, 0.15) is 6.79 Å². The Morgan fingerprint density at radius 1 is 1.07 bits per heavy atom. The molecule has 4 heteroatoms. The van der Waals surface area contributed by atoms with Gasteiger partial charge in [0.15, 0.2) is 6.29 Å². The highest BCUT2D eigenvalue weighted by Gasteiger charge is 2.24. The van der Waals surface area contributed by atoms with Crippen LogP contribution in [0.25, 0.3) is 0 Å². The normalized spacial score (nSPS) is 23.8. The molecule has 0 heterocycles. The Morgan fingerprint density at radius 2 is 1.80 bits per heavy atom. The van der Waals surface area contributed by atoms with Crippen LogP contribution in [0.15, 0.2) is 0 Å². The molecule has 0 aromatic rings. The smallest absolute Gasteiger partial charge is 0.183 e. The van der Waals surface area contributed by atoms with Gasteiger partial charge < -0.3 is 18.9 Å². The summed E-state index contributed by atoms with van der Waals surface area (Å²) in [6.45, 7) is 0.826. The van der Waals surface area contributed by atoms with Crippen molar-refractivity contribution in [2.24, 2.45) is 0 Å². The van der Waals surface area contributed by atoms with Crippen molar-refractivity contribution in [2.75, 3.05) is 20.5 Å². The highest BCUT2D eigenvalue weighted by Crippen LogP contribution is 2.24. The van der Waals surface area contributed by atoms with Gasteiger partial charge in [0.25, 0.3) is 0 Å².